The van der Waals surface area contributed by atoms with Crippen LogP contribution >= 0.6 is 0 Å². The van der Waals surface area contributed by atoms with Crippen molar-refractivity contribution in [2.24, 2.45) is 0 Å². The fourth-order valence-corrected chi connectivity index (χ4v) is 1.40. The van der Waals surface area contributed by atoms with E-state index in [0.29, 0.717) is 6.61 Å². The van der Waals surface area contributed by atoms with Crippen molar-refractivity contribution in [2.75, 3.05) is 13.2 Å². The first-order valence-electron chi connectivity index (χ1n) is 4.54. The molecule has 6 heteroatoms. The Hall–Kier alpha value is -0.240. The first kappa shape index (κ1) is 11.8. The SMILES string of the molecule is CCO[C@H]1O[C@H]([C@H](O)CO)[C@H](O)[C@H]1O. The zero-order chi connectivity index (χ0) is 10.7. The van der Waals surface area contributed by atoms with E-state index in [0.717, 1.165) is 0 Å². The molecular formula is C8H16O6. The highest BCUT2D eigenvalue weighted by molar-refractivity contribution is 4.90. The van der Waals surface area contributed by atoms with Crippen LogP contribution in [0.2, 0.25) is 0 Å². The van der Waals surface area contributed by atoms with Crippen molar-refractivity contribution < 1.29 is 29.9 Å². The molecule has 0 aromatic carbocycles. The van der Waals surface area contributed by atoms with Crippen molar-refractivity contribution in [1.82, 2.24) is 0 Å². The lowest BCUT2D eigenvalue weighted by molar-refractivity contribution is -0.178. The number of ether oxygens (including phenoxy) is 2. The summed E-state index contributed by atoms with van der Waals surface area (Å²) in [7, 11) is 0. The van der Waals surface area contributed by atoms with Gasteiger partial charge < -0.3 is 29.9 Å². The van der Waals surface area contributed by atoms with Crippen molar-refractivity contribution in [3.05, 3.63) is 0 Å². The molecule has 0 saturated carbocycles. The van der Waals surface area contributed by atoms with Crippen LogP contribution < -0.4 is 0 Å². The summed E-state index contributed by atoms with van der Waals surface area (Å²) in [5.74, 6) is 0. The van der Waals surface area contributed by atoms with Gasteiger partial charge in [-0.1, -0.05) is 0 Å². The first-order chi connectivity index (χ1) is 6.61. The van der Waals surface area contributed by atoms with Gasteiger partial charge in [0.15, 0.2) is 6.29 Å². The van der Waals surface area contributed by atoms with Gasteiger partial charge in [0.1, 0.15) is 24.4 Å². The minimum atomic E-state index is -1.24. The molecule has 0 aromatic heterocycles. The Morgan fingerprint density at radius 2 is 2.00 bits per heavy atom. The van der Waals surface area contributed by atoms with E-state index in [1.54, 1.807) is 6.92 Å². The topological polar surface area (TPSA) is 99.4 Å². The Kier molecular flexibility index (Phi) is 4.24. The number of hydrogen-bond donors (Lipinski definition) is 4. The van der Waals surface area contributed by atoms with Gasteiger partial charge in [-0.2, -0.15) is 0 Å². The molecule has 4 N–H and O–H groups in total. The molecular weight excluding hydrogens is 192 g/mol. The average molecular weight is 208 g/mol. The van der Waals surface area contributed by atoms with Gasteiger partial charge in [-0.15, -0.1) is 0 Å². The molecule has 1 aliphatic heterocycles. The summed E-state index contributed by atoms with van der Waals surface area (Å²) in [5.41, 5.74) is 0. The third-order valence-electron chi connectivity index (χ3n) is 2.15. The lowest BCUT2D eigenvalue weighted by Crippen LogP contribution is -2.40. The monoisotopic (exact) mass is 208 g/mol. The molecule has 0 radical (unpaired) electrons. The van der Waals surface area contributed by atoms with Gasteiger partial charge in [0.2, 0.25) is 0 Å². The predicted molar refractivity (Wildman–Crippen MR) is 45.4 cm³/mol. The van der Waals surface area contributed by atoms with Gasteiger partial charge in [0, 0.05) is 6.61 Å². The number of aliphatic hydroxyl groups is 4. The Morgan fingerprint density at radius 1 is 1.36 bits per heavy atom. The van der Waals surface area contributed by atoms with E-state index in [9.17, 15) is 15.3 Å². The highest BCUT2D eigenvalue weighted by Gasteiger charge is 2.46. The van der Waals surface area contributed by atoms with Gasteiger partial charge in [0.25, 0.3) is 0 Å². The molecule has 84 valence electrons. The van der Waals surface area contributed by atoms with Gasteiger partial charge in [-0.25, -0.2) is 0 Å². The molecule has 1 heterocycles. The molecule has 0 aliphatic carbocycles. The Bertz CT molecular complexity index is 173. The lowest BCUT2D eigenvalue weighted by atomic mass is 10.1. The van der Waals surface area contributed by atoms with Crippen molar-refractivity contribution in [2.45, 2.75) is 37.6 Å². The Labute approximate surface area is 81.7 Å². The van der Waals surface area contributed by atoms with Gasteiger partial charge >= 0.3 is 0 Å². The Balaban J connectivity index is 2.57. The van der Waals surface area contributed by atoms with E-state index in [1.165, 1.54) is 0 Å². The molecule has 1 rings (SSSR count). The highest BCUT2D eigenvalue weighted by atomic mass is 16.7. The first-order valence-corrected chi connectivity index (χ1v) is 4.54. The molecule has 0 spiro atoms. The molecule has 0 bridgehead atoms. The maximum Gasteiger partial charge on any atom is 0.186 e. The maximum atomic E-state index is 9.43. The number of rotatable bonds is 4. The summed E-state index contributed by atoms with van der Waals surface area (Å²) in [6.45, 7) is 1.52. The number of hydrogen-bond acceptors (Lipinski definition) is 6. The third-order valence-corrected chi connectivity index (χ3v) is 2.15. The van der Waals surface area contributed by atoms with Gasteiger partial charge in [0.05, 0.1) is 6.61 Å². The third kappa shape index (κ3) is 2.22. The van der Waals surface area contributed by atoms with E-state index < -0.39 is 37.3 Å². The van der Waals surface area contributed by atoms with Crippen molar-refractivity contribution >= 4 is 0 Å². The van der Waals surface area contributed by atoms with E-state index in [2.05, 4.69) is 0 Å². The van der Waals surface area contributed by atoms with Crippen LogP contribution in [0.15, 0.2) is 0 Å². The van der Waals surface area contributed by atoms with Crippen LogP contribution in [-0.4, -0.2) is 64.3 Å². The fraction of sp³-hybridized carbons (Fsp3) is 1.00. The van der Waals surface area contributed by atoms with E-state index >= 15 is 0 Å². The highest BCUT2D eigenvalue weighted by Crippen LogP contribution is 2.24. The van der Waals surface area contributed by atoms with Gasteiger partial charge in [-0.05, 0) is 6.92 Å². The zero-order valence-corrected chi connectivity index (χ0v) is 7.91. The van der Waals surface area contributed by atoms with Crippen LogP contribution in [0.25, 0.3) is 0 Å². The summed E-state index contributed by atoms with van der Waals surface area (Å²) in [4.78, 5) is 0. The largest absolute Gasteiger partial charge is 0.394 e. The van der Waals surface area contributed by atoms with Crippen LogP contribution in [0.4, 0.5) is 0 Å². The molecule has 5 atom stereocenters. The average Bonchev–Trinajstić information content (AvgIpc) is 2.46. The smallest absolute Gasteiger partial charge is 0.186 e. The molecule has 1 saturated heterocycles. The van der Waals surface area contributed by atoms with Crippen LogP contribution in [-0.2, 0) is 9.47 Å². The van der Waals surface area contributed by atoms with Gasteiger partial charge in [-0.3, -0.25) is 0 Å². The molecule has 0 unspecified atom stereocenters. The van der Waals surface area contributed by atoms with E-state index in [-0.39, 0.29) is 0 Å². The van der Waals surface area contributed by atoms with Crippen molar-refractivity contribution in [1.29, 1.82) is 0 Å². The molecule has 1 aliphatic rings. The standard InChI is InChI=1S/C8H16O6/c1-2-13-8-6(12)5(11)7(14-8)4(10)3-9/h4-12H,2-3H2,1H3/t4-,5-,6-,7-,8+/m1/s1. The molecule has 0 amide bonds. The maximum absolute atomic E-state index is 9.43. The molecule has 0 aromatic rings. The van der Waals surface area contributed by atoms with Crippen LogP contribution in [0, 0.1) is 0 Å². The summed E-state index contributed by atoms with van der Waals surface area (Å²) in [5, 5.41) is 36.7. The minimum absolute atomic E-state index is 0.330. The van der Waals surface area contributed by atoms with Crippen molar-refractivity contribution in [3.8, 4) is 0 Å². The van der Waals surface area contributed by atoms with Crippen LogP contribution in [0.1, 0.15) is 6.92 Å². The van der Waals surface area contributed by atoms with E-state index in [4.69, 9.17) is 14.6 Å². The second-order valence-corrected chi connectivity index (χ2v) is 3.16. The quantitative estimate of drug-likeness (QED) is 0.419. The van der Waals surface area contributed by atoms with Crippen LogP contribution in [0.5, 0.6) is 0 Å². The molecule has 14 heavy (non-hydrogen) atoms. The lowest BCUT2D eigenvalue weighted by Gasteiger charge is -2.18. The fourth-order valence-electron chi connectivity index (χ4n) is 1.40. The molecule has 6 nitrogen and oxygen atoms in total. The number of aliphatic hydroxyl groups excluding tert-OH is 4. The van der Waals surface area contributed by atoms with E-state index in [1.807, 2.05) is 0 Å². The zero-order valence-electron chi connectivity index (χ0n) is 7.91. The predicted octanol–water partition coefficient (Wildman–Crippen LogP) is -2.18. The molecule has 1 fully saturated rings. The summed E-state index contributed by atoms with van der Waals surface area (Å²) < 4.78 is 10.0. The summed E-state index contributed by atoms with van der Waals surface area (Å²) in [6, 6.07) is 0. The second kappa shape index (κ2) is 5.01. The normalized spacial score (nSPS) is 40.1. The summed E-state index contributed by atoms with van der Waals surface area (Å²) >= 11 is 0. The summed E-state index contributed by atoms with van der Waals surface area (Å²) in [6.07, 6.45) is -5.60. The van der Waals surface area contributed by atoms with Crippen molar-refractivity contribution in [3.63, 3.8) is 0 Å². The minimum Gasteiger partial charge on any atom is -0.394 e. The second-order valence-electron chi connectivity index (χ2n) is 3.16. The Morgan fingerprint density at radius 3 is 2.50 bits per heavy atom. The van der Waals surface area contributed by atoms with Crippen LogP contribution in [0.3, 0.4) is 0 Å².